The first-order chi connectivity index (χ1) is 20.3. The molecule has 0 N–H and O–H groups in total. The summed E-state index contributed by atoms with van der Waals surface area (Å²) in [6, 6.07) is 14.2. The van der Waals surface area contributed by atoms with E-state index in [0.717, 1.165) is 22.0 Å². The number of furan rings is 1. The monoisotopic (exact) mass is 650 g/mol. The summed E-state index contributed by atoms with van der Waals surface area (Å²) in [6.07, 6.45) is 3.00. The Morgan fingerprint density at radius 2 is 1.93 bits per heavy atom. The van der Waals surface area contributed by atoms with Gasteiger partial charge in [0.05, 0.1) is 36.6 Å². The van der Waals surface area contributed by atoms with Crippen LogP contribution in [0.1, 0.15) is 49.6 Å². The van der Waals surface area contributed by atoms with Gasteiger partial charge in [-0.25, -0.2) is 9.79 Å². The van der Waals surface area contributed by atoms with Gasteiger partial charge in [-0.05, 0) is 68.3 Å². The van der Waals surface area contributed by atoms with Gasteiger partial charge in [0, 0.05) is 21.7 Å². The van der Waals surface area contributed by atoms with Crippen molar-refractivity contribution in [3.05, 3.63) is 101 Å². The number of benzene rings is 2. The number of allylic oxidation sites excluding steroid dienone is 1. The summed E-state index contributed by atoms with van der Waals surface area (Å²) in [4.78, 5) is 32.9. The Bertz CT molecular complexity index is 1870. The molecule has 3 heterocycles. The molecule has 218 valence electrons. The quantitative estimate of drug-likeness (QED) is 0.209. The topological polar surface area (TPSA) is 92.3 Å². The van der Waals surface area contributed by atoms with Crippen molar-refractivity contribution >= 4 is 39.3 Å². The third kappa shape index (κ3) is 5.61. The predicted molar refractivity (Wildman–Crippen MR) is 166 cm³/mol. The highest BCUT2D eigenvalue weighted by atomic mass is 79.9. The number of aryl methyl sites for hydroxylation is 1. The largest absolute Gasteiger partial charge is 0.497 e. The van der Waals surface area contributed by atoms with Gasteiger partial charge in [0.15, 0.2) is 4.80 Å². The molecule has 0 fully saturated rings. The SMILES string of the molecule is CCCC1=C(C(=O)OCC)[C@@H](c2cc(OC)ccc2OC)n2c(s/c(=C\c3ccc(-c4ccc(C)cc4Br)o3)c2=O)=N1. The van der Waals surface area contributed by atoms with E-state index >= 15 is 0 Å². The molecule has 0 spiro atoms. The number of fused-ring (bicyclic) bond motifs is 1. The minimum absolute atomic E-state index is 0.187. The lowest BCUT2D eigenvalue weighted by Crippen LogP contribution is -2.40. The fourth-order valence-corrected chi connectivity index (χ4v) is 6.68. The number of aromatic nitrogens is 1. The van der Waals surface area contributed by atoms with Gasteiger partial charge >= 0.3 is 5.97 Å². The van der Waals surface area contributed by atoms with Gasteiger partial charge in [-0.2, -0.15) is 0 Å². The number of nitrogens with zero attached hydrogens (tertiary/aromatic N) is 2. The minimum Gasteiger partial charge on any atom is -0.497 e. The Morgan fingerprint density at radius 3 is 2.62 bits per heavy atom. The molecule has 0 bridgehead atoms. The minimum atomic E-state index is -0.829. The highest BCUT2D eigenvalue weighted by Crippen LogP contribution is 2.39. The van der Waals surface area contributed by atoms with E-state index < -0.39 is 12.0 Å². The molecule has 42 heavy (non-hydrogen) atoms. The molecular weight excluding hydrogens is 620 g/mol. The van der Waals surface area contributed by atoms with Gasteiger partial charge in [0.25, 0.3) is 5.56 Å². The molecule has 1 atom stereocenters. The number of hydrogen-bond acceptors (Lipinski definition) is 8. The summed E-state index contributed by atoms with van der Waals surface area (Å²) < 4.78 is 25.7. The summed E-state index contributed by atoms with van der Waals surface area (Å²) in [5.41, 5.74) is 3.23. The lowest BCUT2D eigenvalue weighted by atomic mass is 9.93. The number of esters is 1. The molecule has 0 radical (unpaired) electrons. The van der Waals surface area contributed by atoms with Crippen LogP contribution < -0.4 is 24.4 Å². The van der Waals surface area contributed by atoms with Crippen molar-refractivity contribution < 1.29 is 23.4 Å². The molecular formula is C32H31BrN2O6S. The zero-order chi connectivity index (χ0) is 30.0. The van der Waals surface area contributed by atoms with E-state index in [1.54, 1.807) is 50.0 Å². The van der Waals surface area contributed by atoms with Gasteiger partial charge in [0.2, 0.25) is 0 Å². The number of thiazole rings is 1. The number of hydrogen-bond donors (Lipinski definition) is 0. The maximum Gasteiger partial charge on any atom is 0.338 e. The first kappa shape index (κ1) is 29.6. The molecule has 0 saturated heterocycles. The fraction of sp³-hybridized carbons (Fsp3) is 0.281. The highest BCUT2D eigenvalue weighted by Gasteiger charge is 2.36. The van der Waals surface area contributed by atoms with Crippen molar-refractivity contribution in [2.45, 2.75) is 39.7 Å². The summed E-state index contributed by atoms with van der Waals surface area (Å²) in [6.45, 7) is 5.98. The van der Waals surface area contributed by atoms with Gasteiger partial charge in [-0.15, -0.1) is 0 Å². The number of halogens is 1. The van der Waals surface area contributed by atoms with Crippen LogP contribution >= 0.6 is 27.3 Å². The van der Waals surface area contributed by atoms with Crippen LogP contribution in [0.15, 0.2) is 78.5 Å². The zero-order valence-electron chi connectivity index (χ0n) is 24.0. The second-order valence-corrected chi connectivity index (χ2v) is 11.6. The van der Waals surface area contributed by atoms with Crippen LogP contribution in [0.4, 0.5) is 0 Å². The zero-order valence-corrected chi connectivity index (χ0v) is 26.4. The van der Waals surface area contributed by atoms with E-state index in [-0.39, 0.29) is 12.2 Å². The third-order valence-corrected chi connectivity index (χ3v) is 8.55. The Labute approximate surface area is 255 Å². The number of carbonyl (C=O) groups excluding carboxylic acids is 1. The Hall–Kier alpha value is -3.89. The molecule has 2 aromatic heterocycles. The van der Waals surface area contributed by atoms with Crippen molar-refractivity contribution in [2.24, 2.45) is 4.99 Å². The van der Waals surface area contributed by atoms with Crippen molar-refractivity contribution in [2.75, 3.05) is 20.8 Å². The molecule has 8 nitrogen and oxygen atoms in total. The first-order valence-electron chi connectivity index (χ1n) is 13.6. The molecule has 10 heteroatoms. The van der Waals surface area contributed by atoms with E-state index in [2.05, 4.69) is 15.9 Å². The maximum absolute atomic E-state index is 14.1. The van der Waals surface area contributed by atoms with Crippen molar-refractivity contribution in [3.8, 4) is 22.8 Å². The molecule has 4 aromatic rings. The maximum atomic E-state index is 14.1. The summed E-state index contributed by atoms with van der Waals surface area (Å²) >= 11 is 4.86. The molecule has 1 aliphatic heterocycles. The van der Waals surface area contributed by atoms with Crippen molar-refractivity contribution in [1.29, 1.82) is 0 Å². The van der Waals surface area contributed by atoms with Crippen LogP contribution in [0.2, 0.25) is 0 Å². The van der Waals surface area contributed by atoms with Gasteiger partial charge < -0.3 is 18.6 Å². The van der Waals surface area contributed by atoms with Crippen molar-refractivity contribution in [1.82, 2.24) is 4.57 Å². The molecule has 0 amide bonds. The van der Waals surface area contributed by atoms with E-state index in [1.165, 1.54) is 11.3 Å². The molecule has 0 saturated carbocycles. The highest BCUT2D eigenvalue weighted by molar-refractivity contribution is 9.10. The predicted octanol–water partition coefficient (Wildman–Crippen LogP) is 5.93. The van der Waals surface area contributed by atoms with Crippen LogP contribution in [0.3, 0.4) is 0 Å². The Kier molecular flexibility index (Phi) is 8.84. The average Bonchev–Trinajstić information content (AvgIpc) is 3.56. The second kappa shape index (κ2) is 12.5. The van der Waals surface area contributed by atoms with E-state index in [9.17, 15) is 9.59 Å². The van der Waals surface area contributed by atoms with Crippen LogP contribution in [0.25, 0.3) is 17.4 Å². The lowest BCUT2D eigenvalue weighted by Gasteiger charge is -2.27. The Balaban J connectivity index is 1.72. The molecule has 5 rings (SSSR count). The van der Waals surface area contributed by atoms with Gasteiger partial charge in [0.1, 0.15) is 29.1 Å². The first-order valence-corrected chi connectivity index (χ1v) is 15.2. The van der Waals surface area contributed by atoms with Gasteiger partial charge in [-0.1, -0.05) is 46.7 Å². The van der Waals surface area contributed by atoms with Crippen LogP contribution in [0, 0.1) is 6.92 Å². The van der Waals surface area contributed by atoms with Crippen molar-refractivity contribution in [3.63, 3.8) is 0 Å². The van der Waals surface area contributed by atoms with E-state index in [4.69, 9.17) is 23.6 Å². The van der Waals surface area contributed by atoms with Crippen LogP contribution in [-0.2, 0) is 9.53 Å². The number of methoxy groups -OCH3 is 2. The second-order valence-electron chi connectivity index (χ2n) is 9.71. The smallest absolute Gasteiger partial charge is 0.338 e. The van der Waals surface area contributed by atoms with Crippen LogP contribution in [0.5, 0.6) is 11.5 Å². The summed E-state index contributed by atoms with van der Waals surface area (Å²) in [5, 5.41) is 0. The normalized spacial score (nSPS) is 14.9. The lowest BCUT2D eigenvalue weighted by molar-refractivity contribution is -0.139. The third-order valence-electron chi connectivity index (χ3n) is 6.91. The molecule has 0 unspecified atom stereocenters. The van der Waals surface area contributed by atoms with E-state index in [0.29, 0.717) is 55.6 Å². The molecule has 2 aromatic carbocycles. The standard InChI is InChI=1S/C32H31BrN2O6S/c1-6-8-24-28(31(37)40-7-2)29(22-16-19(38-4)10-13-25(22)39-5)35-30(36)27(42-32(35)34-24)17-20-11-14-26(41-20)21-12-9-18(3)15-23(21)33/h9-17,29H,6-8H2,1-5H3/b27-17-/t29-/m1/s1. The Morgan fingerprint density at radius 1 is 1.12 bits per heavy atom. The number of ether oxygens (including phenoxy) is 3. The van der Waals surface area contributed by atoms with Crippen LogP contribution in [-0.4, -0.2) is 31.4 Å². The summed E-state index contributed by atoms with van der Waals surface area (Å²) in [7, 11) is 3.12. The molecule has 1 aliphatic rings. The molecule has 0 aliphatic carbocycles. The average molecular weight is 652 g/mol. The van der Waals surface area contributed by atoms with Gasteiger partial charge in [-0.3, -0.25) is 9.36 Å². The van der Waals surface area contributed by atoms with E-state index in [1.807, 2.05) is 44.2 Å². The fourth-order valence-electron chi connectivity index (χ4n) is 4.99. The summed E-state index contributed by atoms with van der Waals surface area (Å²) in [5.74, 6) is 1.75. The number of rotatable bonds is 9. The number of carbonyl (C=O) groups is 1.